The molecule has 0 rings (SSSR count). The van der Waals surface area contributed by atoms with Crippen molar-refractivity contribution >= 4 is 25.4 Å². The van der Waals surface area contributed by atoms with Crippen LogP contribution in [0.2, 0.25) is 18.1 Å². The van der Waals surface area contributed by atoms with Crippen molar-refractivity contribution < 1.29 is 23.9 Å². The number of esters is 2. The zero-order valence-corrected chi connectivity index (χ0v) is 37.8. The van der Waals surface area contributed by atoms with E-state index in [0.29, 0.717) is 37.9 Å². The van der Waals surface area contributed by atoms with Crippen LogP contribution in [0.25, 0.3) is 0 Å². The Balaban J connectivity index is 4.75. The normalized spacial score (nSPS) is 12.2. The van der Waals surface area contributed by atoms with Gasteiger partial charge in [0.1, 0.15) is 13.5 Å². The first-order chi connectivity index (χ1) is 25.4. The Kier molecular flexibility index (Phi) is 33.2. The van der Waals surface area contributed by atoms with Gasteiger partial charge < -0.3 is 24.1 Å². The minimum absolute atomic E-state index is 0.0573. The predicted octanol–water partition coefficient (Wildman–Crippen LogP) is 12.1. The standard InChI is InChI=1S/C45H90N2O5Si/c1-9-12-15-17-19-21-23-25-40-51-42(48)31-27-35-46(34-14-11-3)38-30-39-47(37-29-33-44(50)53(7,8)45(4,5)6)36-28-32-43(49)52-41-26-24-22-20-18-16-13-10-2/h9-41H2,1-8H3. The van der Waals surface area contributed by atoms with E-state index in [1.807, 2.05) is 0 Å². The Morgan fingerprint density at radius 2 is 0.755 bits per heavy atom. The number of nitrogens with zero attached hydrogens (tertiary/aromatic N) is 2. The van der Waals surface area contributed by atoms with Gasteiger partial charge in [0.15, 0.2) is 0 Å². The first kappa shape index (κ1) is 51.7. The summed E-state index contributed by atoms with van der Waals surface area (Å²) in [6.45, 7) is 24.5. The monoisotopic (exact) mass is 767 g/mol. The van der Waals surface area contributed by atoms with E-state index in [1.54, 1.807) is 0 Å². The molecule has 0 bridgehead atoms. The molecule has 0 aliphatic carbocycles. The number of ether oxygens (including phenoxy) is 2. The van der Waals surface area contributed by atoms with E-state index < -0.39 is 8.07 Å². The van der Waals surface area contributed by atoms with Crippen LogP contribution in [-0.2, 0) is 23.9 Å². The molecular weight excluding hydrogens is 677 g/mol. The number of carbonyl (C=O) groups is 3. The Hall–Kier alpha value is -1.25. The lowest BCUT2D eigenvalue weighted by molar-refractivity contribution is -0.144. The summed E-state index contributed by atoms with van der Waals surface area (Å²) in [5, 5.41) is 0.529. The Morgan fingerprint density at radius 3 is 1.13 bits per heavy atom. The number of unbranched alkanes of at least 4 members (excludes halogenated alkanes) is 15. The van der Waals surface area contributed by atoms with Gasteiger partial charge in [0, 0.05) is 19.3 Å². The van der Waals surface area contributed by atoms with Crippen LogP contribution in [0.5, 0.6) is 0 Å². The molecule has 53 heavy (non-hydrogen) atoms. The molecule has 314 valence electrons. The summed E-state index contributed by atoms with van der Waals surface area (Å²) in [6.07, 6.45) is 27.3. The highest BCUT2D eigenvalue weighted by Crippen LogP contribution is 2.37. The first-order valence-electron chi connectivity index (χ1n) is 22.7. The molecule has 0 fully saturated rings. The van der Waals surface area contributed by atoms with Crippen molar-refractivity contribution in [3.05, 3.63) is 0 Å². The zero-order chi connectivity index (χ0) is 39.6. The lowest BCUT2D eigenvalue weighted by Crippen LogP contribution is -2.46. The molecule has 0 spiro atoms. The SMILES string of the molecule is CCCCCCCCCCOC(=O)CCCN(CCCC)CCCN(CCCC(=O)OCCCCCCCCCC)CCCC(=O)[Si](C)(C)C(C)(C)C. The van der Waals surface area contributed by atoms with Crippen molar-refractivity contribution in [3.63, 3.8) is 0 Å². The molecule has 0 N–H and O–H groups in total. The van der Waals surface area contributed by atoms with Crippen LogP contribution in [-0.4, -0.2) is 87.7 Å². The summed E-state index contributed by atoms with van der Waals surface area (Å²) in [6, 6.07) is 0. The summed E-state index contributed by atoms with van der Waals surface area (Å²) in [5.74, 6) is -0.138. The molecule has 0 aliphatic heterocycles. The minimum atomic E-state index is -2.00. The highest BCUT2D eigenvalue weighted by molar-refractivity contribution is 7.06. The van der Waals surface area contributed by atoms with Gasteiger partial charge in [-0.3, -0.25) is 9.59 Å². The van der Waals surface area contributed by atoms with Gasteiger partial charge in [-0.2, -0.15) is 0 Å². The Morgan fingerprint density at radius 1 is 0.434 bits per heavy atom. The molecule has 0 aromatic rings. The van der Waals surface area contributed by atoms with Crippen molar-refractivity contribution in [2.75, 3.05) is 52.5 Å². The molecular formula is C45H90N2O5Si. The van der Waals surface area contributed by atoms with Crippen molar-refractivity contribution in [2.45, 2.75) is 220 Å². The molecule has 0 radical (unpaired) electrons. The van der Waals surface area contributed by atoms with E-state index in [1.165, 1.54) is 77.0 Å². The van der Waals surface area contributed by atoms with Gasteiger partial charge in [0.05, 0.1) is 13.2 Å². The smallest absolute Gasteiger partial charge is 0.305 e. The third kappa shape index (κ3) is 29.7. The molecule has 0 saturated heterocycles. The topological polar surface area (TPSA) is 76.2 Å². The van der Waals surface area contributed by atoms with Crippen LogP contribution in [0.4, 0.5) is 0 Å². The maximum Gasteiger partial charge on any atom is 0.305 e. The van der Waals surface area contributed by atoms with Gasteiger partial charge >= 0.3 is 11.9 Å². The van der Waals surface area contributed by atoms with Gasteiger partial charge in [-0.1, -0.05) is 151 Å². The Bertz CT molecular complexity index is 891. The van der Waals surface area contributed by atoms with E-state index in [4.69, 9.17) is 9.47 Å². The summed E-state index contributed by atoms with van der Waals surface area (Å²) < 4.78 is 11.1. The van der Waals surface area contributed by atoms with Crippen molar-refractivity contribution in [1.82, 2.24) is 9.80 Å². The fraction of sp³-hybridized carbons (Fsp3) is 0.933. The number of hydrogen-bond donors (Lipinski definition) is 0. The maximum absolute atomic E-state index is 13.3. The molecule has 0 amide bonds. The molecule has 0 unspecified atom stereocenters. The second-order valence-corrected chi connectivity index (χ2v) is 22.7. The summed E-state index contributed by atoms with van der Waals surface area (Å²) >= 11 is 0. The first-order valence-corrected chi connectivity index (χ1v) is 25.7. The van der Waals surface area contributed by atoms with E-state index in [9.17, 15) is 14.4 Å². The quantitative estimate of drug-likeness (QED) is 0.0352. The largest absolute Gasteiger partial charge is 0.466 e. The molecule has 7 nitrogen and oxygen atoms in total. The van der Waals surface area contributed by atoms with E-state index >= 15 is 0 Å². The second-order valence-electron chi connectivity index (χ2n) is 17.4. The number of rotatable bonds is 38. The molecule has 0 aliphatic rings. The molecule has 0 saturated carbocycles. The van der Waals surface area contributed by atoms with Gasteiger partial charge in [0.25, 0.3) is 0 Å². The zero-order valence-electron chi connectivity index (χ0n) is 36.8. The average Bonchev–Trinajstić information content (AvgIpc) is 3.11. The molecule has 0 aromatic heterocycles. The van der Waals surface area contributed by atoms with Gasteiger partial charge in [-0.05, 0) is 89.3 Å². The number of carbonyl (C=O) groups excluding carboxylic acids is 3. The minimum Gasteiger partial charge on any atom is -0.466 e. The fourth-order valence-corrected chi connectivity index (χ4v) is 8.28. The molecule has 8 heteroatoms. The maximum atomic E-state index is 13.3. The van der Waals surface area contributed by atoms with Crippen LogP contribution < -0.4 is 0 Å². The summed E-state index contributed by atoms with van der Waals surface area (Å²) in [4.78, 5) is 43.1. The lowest BCUT2D eigenvalue weighted by atomic mass is 10.1. The average molecular weight is 767 g/mol. The lowest BCUT2D eigenvalue weighted by Gasteiger charge is -2.35. The van der Waals surface area contributed by atoms with Crippen molar-refractivity contribution in [2.24, 2.45) is 0 Å². The second kappa shape index (κ2) is 34.0. The number of hydrogen-bond acceptors (Lipinski definition) is 7. The van der Waals surface area contributed by atoms with E-state index in [-0.39, 0.29) is 17.0 Å². The highest BCUT2D eigenvalue weighted by atomic mass is 28.3. The van der Waals surface area contributed by atoms with Crippen LogP contribution >= 0.6 is 0 Å². The molecule has 0 atom stereocenters. The van der Waals surface area contributed by atoms with Crippen LogP contribution in [0.1, 0.15) is 202 Å². The molecule has 0 aromatic carbocycles. The fourth-order valence-electron chi connectivity index (χ4n) is 6.65. The van der Waals surface area contributed by atoms with Crippen molar-refractivity contribution in [3.8, 4) is 0 Å². The predicted molar refractivity (Wildman–Crippen MR) is 229 cm³/mol. The van der Waals surface area contributed by atoms with Gasteiger partial charge in [0.2, 0.25) is 0 Å². The van der Waals surface area contributed by atoms with Gasteiger partial charge in [-0.25, -0.2) is 0 Å². The molecule has 0 heterocycles. The van der Waals surface area contributed by atoms with Crippen LogP contribution in [0.15, 0.2) is 0 Å². The highest BCUT2D eigenvalue weighted by Gasteiger charge is 2.41. The van der Waals surface area contributed by atoms with Crippen LogP contribution in [0, 0.1) is 0 Å². The van der Waals surface area contributed by atoms with Gasteiger partial charge in [-0.15, -0.1) is 0 Å². The Labute approximate surface area is 330 Å². The third-order valence-electron chi connectivity index (χ3n) is 11.5. The van der Waals surface area contributed by atoms with E-state index in [2.05, 4.69) is 64.4 Å². The third-order valence-corrected chi connectivity index (χ3v) is 16.9. The van der Waals surface area contributed by atoms with E-state index in [0.717, 1.165) is 103 Å². The summed E-state index contributed by atoms with van der Waals surface area (Å²) in [7, 11) is -2.00. The summed E-state index contributed by atoms with van der Waals surface area (Å²) in [5.41, 5.74) is 0. The van der Waals surface area contributed by atoms with Crippen molar-refractivity contribution in [1.29, 1.82) is 0 Å². The van der Waals surface area contributed by atoms with Crippen LogP contribution in [0.3, 0.4) is 0 Å².